The number of hydrogen-bond donors (Lipinski definition) is 0. The summed E-state index contributed by atoms with van der Waals surface area (Å²) in [5, 5.41) is 0. The van der Waals surface area contributed by atoms with Gasteiger partial charge in [0.15, 0.2) is 0 Å². The molecule has 1 fully saturated rings. The van der Waals surface area contributed by atoms with E-state index in [1.807, 2.05) is 18.7 Å². The molecule has 0 bridgehead atoms. The van der Waals surface area contributed by atoms with Crippen LogP contribution in [0.25, 0.3) is 0 Å². The Kier molecular flexibility index (Phi) is 6.54. The first-order chi connectivity index (χ1) is 6.63. The fourth-order valence-electron chi connectivity index (χ4n) is 1.57. The minimum atomic E-state index is 0.164. The molecule has 0 saturated carbocycles. The number of carbonyl (C=O) groups excluding carboxylic acids is 1. The van der Waals surface area contributed by atoms with Gasteiger partial charge in [0.25, 0.3) is 0 Å². The molecule has 0 aromatic heterocycles. The molecule has 84 valence electrons. The molecule has 1 rings (SSSR count). The molecule has 1 aliphatic heterocycles. The van der Waals surface area contributed by atoms with Gasteiger partial charge in [0.1, 0.15) is 0 Å². The van der Waals surface area contributed by atoms with Crippen LogP contribution in [0.5, 0.6) is 0 Å². The van der Waals surface area contributed by atoms with E-state index < -0.39 is 0 Å². The van der Waals surface area contributed by atoms with Crippen LogP contribution in [0, 0.1) is 5.92 Å². The van der Waals surface area contributed by atoms with E-state index >= 15 is 0 Å². The zero-order valence-corrected chi connectivity index (χ0v) is 10.0. The van der Waals surface area contributed by atoms with Gasteiger partial charge in [-0.25, -0.2) is 0 Å². The van der Waals surface area contributed by atoms with Gasteiger partial charge >= 0.3 is 0 Å². The van der Waals surface area contributed by atoms with Crippen LogP contribution in [0.15, 0.2) is 0 Å². The molecular weight excluding hydrogens is 178 g/mol. The summed E-state index contributed by atoms with van der Waals surface area (Å²) in [5.74, 6) is 0.645. The molecule has 3 heteroatoms. The van der Waals surface area contributed by atoms with Crippen LogP contribution < -0.4 is 0 Å². The summed E-state index contributed by atoms with van der Waals surface area (Å²) in [5.41, 5.74) is 0. The van der Waals surface area contributed by atoms with Crippen molar-refractivity contribution in [1.29, 1.82) is 0 Å². The predicted molar refractivity (Wildman–Crippen MR) is 58.2 cm³/mol. The maximum atomic E-state index is 11.2. The number of amides is 1. The number of hydrogen-bond acceptors (Lipinski definition) is 2. The second kappa shape index (κ2) is 6.82. The third-order valence-electron chi connectivity index (χ3n) is 2.34. The monoisotopic (exact) mass is 201 g/mol. The Balaban J connectivity index is 0.000000791. The van der Waals surface area contributed by atoms with E-state index in [9.17, 15) is 4.79 Å². The van der Waals surface area contributed by atoms with E-state index in [0.29, 0.717) is 19.1 Å². The summed E-state index contributed by atoms with van der Waals surface area (Å²) < 4.78 is 5.33. The highest BCUT2D eigenvalue weighted by molar-refractivity contribution is 5.73. The van der Waals surface area contributed by atoms with Crippen molar-refractivity contribution < 1.29 is 9.53 Å². The van der Waals surface area contributed by atoms with Crippen LogP contribution in [-0.2, 0) is 9.53 Å². The molecule has 3 nitrogen and oxygen atoms in total. The Morgan fingerprint density at radius 3 is 2.36 bits per heavy atom. The minimum absolute atomic E-state index is 0.164. The van der Waals surface area contributed by atoms with Crippen molar-refractivity contribution >= 4 is 5.91 Å². The second-order valence-electron chi connectivity index (χ2n) is 3.60. The quantitative estimate of drug-likeness (QED) is 0.648. The van der Waals surface area contributed by atoms with Gasteiger partial charge in [-0.15, -0.1) is 0 Å². The summed E-state index contributed by atoms with van der Waals surface area (Å²) >= 11 is 0. The molecule has 0 aromatic carbocycles. The molecule has 0 spiro atoms. The fraction of sp³-hybridized carbons (Fsp3) is 0.909. The molecule has 1 atom stereocenters. The molecule has 0 aliphatic carbocycles. The molecule has 0 N–H and O–H groups in total. The average Bonchev–Trinajstić information content (AvgIpc) is 2.20. The molecule has 14 heavy (non-hydrogen) atoms. The summed E-state index contributed by atoms with van der Waals surface area (Å²) in [6.45, 7) is 12.0. The third kappa shape index (κ3) is 3.66. The van der Waals surface area contributed by atoms with Gasteiger partial charge in [-0.1, -0.05) is 27.7 Å². The molecule has 1 unspecified atom stereocenters. The van der Waals surface area contributed by atoms with E-state index in [1.165, 1.54) is 0 Å². The highest BCUT2D eigenvalue weighted by Crippen LogP contribution is 2.14. The fourth-order valence-corrected chi connectivity index (χ4v) is 1.57. The Morgan fingerprint density at radius 2 is 2.00 bits per heavy atom. The maximum Gasteiger partial charge on any atom is 0.219 e. The molecule has 0 radical (unpaired) electrons. The Labute approximate surface area is 87.4 Å². The van der Waals surface area contributed by atoms with Gasteiger partial charge < -0.3 is 9.64 Å². The first-order valence-corrected chi connectivity index (χ1v) is 5.48. The van der Waals surface area contributed by atoms with Crippen LogP contribution in [0.1, 0.15) is 34.6 Å². The minimum Gasteiger partial charge on any atom is -0.377 e. The standard InChI is InChI=1S/C9H17NO2.C2H6/c1-7(2)9-6-12-5-4-10(9)8(3)11;1-2/h7,9H,4-6H2,1-3H3;1-2H3. The molecule has 1 heterocycles. The van der Waals surface area contributed by atoms with Crippen molar-refractivity contribution in [3.8, 4) is 0 Å². The molecular formula is C11H23NO2. The first kappa shape index (κ1) is 13.4. The SMILES string of the molecule is CC.CC(=O)N1CCOCC1C(C)C. The highest BCUT2D eigenvalue weighted by Gasteiger charge is 2.26. The van der Waals surface area contributed by atoms with Crippen LogP contribution in [0.3, 0.4) is 0 Å². The van der Waals surface area contributed by atoms with Gasteiger partial charge in [0.05, 0.1) is 19.3 Å². The Hall–Kier alpha value is -0.570. The number of ether oxygens (including phenoxy) is 1. The van der Waals surface area contributed by atoms with Gasteiger partial charge in [0.2, 0.25) is 5.91 Å². The summed E-state index contributed by atoms with van der Waals surface area (Å²) in [4.78, 5) is 13.1. The lowest BCUT2D eigenvalue weighted by Gasteiger charge is -2.37. The van der Waals surface area contributed by atoms with Crippen molar-refractivity contribution in [3.63, 3.8) is 0 Å². The van der Waals surface area contributed by atoms with Crippen LogP contribution in [0.4, 0.5) is 0 Å². The maximum absolute atomic E-state index is 11.2. The number of morpholine rings is 1. The number of rotatable bonds is 1. The van der Waals surface area contributed by atoms with Crippen LogP contribution >= 0.6 is 0 Å². The molecule has 1 amide bonds. The van der Waals surface area contributed by atoms with E-state index in [-0.39, 0.29) is 11.9 Å². The second-order valence-corrected chi connectivity index (χ2v) is 3.60. The zero-order valence-electron chi connectivity index (χ0n) is 10.0. The van der Waals surface area contributed by atoms with Gasteiger partial charge in [0, 0.05) is 13.5 Å². The van der Waals surface area contributed by atoms with E-state index in [4.69, 9.17) is 4.74 Å². The molecule has 0 aromatic rings. The van der Waals surface area contributed by atoms with Crippen molar-refractivity contribution in [2.24, 2.45) is 5.92 Å². The Morgan fingerprint density at radius 1 is 1.43 bits per heavy atom. The lowest BCUT2D eigenvalue weighted by molar-refractivity contribution is -0.139. The topological polar surface area (TPSA) is 29.5 Å². The van der Waals surface area contributed by atoms with Gasteiger partial charge in [-0.05, 0) is 5.92 Å². The Bertz CT molecular complexity index is 169. The lowest BCUT2D eigenvalue weighted by Crippen LogP contribution is -2.50. The largest absolute Gasteiger partial charge is 0.377 e. The predicted octanol–water partition coefficient (Wildman–Crippen LogP) is 1.92. The average molecular weight is 201 g/mol. The third-order valence-corrected chi connectivity index (χ3v) is 2.34. The van der Waals surface area contributed by atoms with Gasteiger partial charge in [-0.3, -0.25) is 4.79 Å². The molecule has 1 aliphatic rings. The highest BCUT2D eigenvalue weighted by atomic mass is 16.5. The van der Waals surface area contributed by atoms with E-state index in [2.05, 4.69) is 13.8 Å². The zero-order chi connectivity index (χ0) is 11.1. The van der Waals surface area contributed by atoms with Gasteiger partial charge in [-0.2, -0.15) is 0 Å². The lowest BCUT2D eigenvalue weighted by atomic mass is 10.0. The van der Waals surface area contributed by atoms with Crippen molar-refractivity contribution in [2.45, 2.75) is 40.7 Å². The van der Waals surface area contributed by atoms with Crippen molar-refractivity contribution in [2.75, 3.05) is 19.8 Å². The normalized spacial score (nSPS) is 21.6. The van der Waals surface area contributed by atoms with Crippen LogP contribution in [0.2, 0.25) is 0 Å². The van der Waals surface area contributed by atoms with Crippen molar-refractivity contribution in [3.05, 3.63) is 0 Å². The van der Waals surface area contributed by atoms with E-state index in [0.717, 1.165) is 6.54 Å². The molecule has 1 saturated heterocycles. The number of carbonyl (C=O) groups is 1. The van der Waals surface area contributed by atoms with Crippen molar-refractivity contribution in [1.82, 2.24) is 4.90 Å². The smallest absolute Gasteiger partial charge is 0.219 e. The van der Waals surface area contributed by atoms with Crippen LogP contribution in [-0.4, -0.2) is 36.6 Å². The summed E-state index contributed by atoms with van der Waals surface area (Å²) in [6, 6.07) is 0.274. The van der Waals surface area contributed by atoms with E-state index in [1.54, 1.807) is 6.92 Å². The summed E-state index contributed by atoms with van der Waals surface area (Å²) in [7, 11) is 0. The first-order valence-electron chi connectivity index (χ1n) is 5.48. The summed E-state index contributed by atoms with van der Waals surface area (Å²) in [6.07, 6.45) is 0. The number of nitrogens with zero attached hydrogens (tertiary/aromatic N) is 1.